The van der Waals surface area contributed by atoms with E-state index in [1.165, 1.54) is 4.90 Å². The Morgan fingerprint density at radius 2 is 1.65 bits per heavy atom. The second-order valence-electron chi connectivity index (χ2n) is 12.5. The van der Waals surface area contributed by atoms with Crippen molar-refractivity contribution in [1.82, 2.24) is 25.2 Å². The SMILES string of the molecule is CS(=O)(=O)N[C@H](CCc1ccccc1)C(=O)N1C[C@H](OCc2ccc(Cl)cc2)C[C@H]1C(=O)N[C@@H](CCCCN)C(=O)C(=O)NCc1ccncc1. The fraction of sp³-hybridized carbons (Fsp3) is 0.417. The Bertz CT molecular complexity index is 1710. The maximum atomic E-state index is 14.2. The average Bonchev–Trinajstić information content (AvgIpc) is 3.56. The first-order valence-corrected chi connectivity index (χ1v) is 19.1. The largest absolute Gasteiger partial charge is 0.372 e. The number of benzene rings is 2. The molecule has 13 nitrogen and oxygen atoms in total. The van der Waals surface area contributed by atoms with Crippen LogP contribution in [0.5, 0.6) is 0 Å². The van der Waals surface area contributed by atoms with Gasteiger partial charge in [-0.2, -0.15) is 0 Å². The van der Waals surface area contributed by atoms with E-state index >= 15 is 0 Å². The van der Waals surface area contributed by atoms with Crippen molar-refractivity contribution in [3.8, 4) is 0 Å². The summed E-state index contributed by atoms with van der Waals surface area (Å²) in [5.41, 5.74) is 8.15. The maximum Gasteiger partial charge on any atom is 0.289 e. The summed E-state index contributed by atoms with van der Waals surface area (Å²) in [7, 11) is -3.82. The summed E-state index contributed by atoms with van der Waals surface area (Å²) in [6.45, 7) is 0.620. The van der Waals surface area contributed by atoms with Gasteiger partial charge in [-0.05, 0) is 79.6 Å². The van der Waals surface area contributed by atoms with E-state index in [1.54, 1.807) is 48.8 Å². The second kappa shape index (κ2) is 19.4. The van der Waals surface area contributed by atoms with Crippen molar-refractivity contribution < 1.29 is 32.3 Å². The van der Waals surface area contributed by atoms with Gasteiger partial charge in [-0.15, -0.1) is 0 Å². The molecular weight excluding hydrogens is 696 g/mol. The molecule has 1 aromatic heterocycles. The van der Waals surface area contributed by atoms with E-state index in [0.29, 0.717) is 30.8 Å². The number of amides is 3. The van der Waals surface area contributed by atoms with E-state index in [-0.39, 0.29) is 39.0 Å². The van der Waals surface area contributed by atoms with Gasteiger partial charge >= 0.3 is 0 Å². The fourth-order valence-corrected chi connectivity index (χ4v) is 6.67. The van der Waals surface area contributed by atoms with Crippen molar-refractivity contribution in [2.75, 3.05) is 19.3 Å². The fourth-order valence-electron chi connectivity index (χ4n) is 5.81. The molecule has 0 unspecified atom stereocenters. The number of halogens is 1. The van der Waals surface area contributed by atoms with Crippen molar-refractivity contribution in [3.63, 3.8) is 0 Å². The monoisotopic (exact) mass is 740 g/mol. The predicted molar refractivity (Wildman–Crippen MR) is 193 cm³/mol. The molecule has 3 aromatic rings. The van der Waals surface area contributed by atoms with Gasteiger partial charge in [0.15, 0.2) is 0 Å². The third kappa shape index (κ3) is 12.8. The Morgan fingerprint density at radius 3 is 2.31 bits per heavy atom. The van der Waals surface area contributed by atoms with Crippen LogP contribution in [-0.4, -0.2) is 85.4 Å². The van der Waals surface area contributed by atoms with Gasteiger partial charge in [-0.3, -0.25) is 24.2 Å². The van der Waals surface area contributed by atoms with E-state index in [9.17, 15) is 27.6 Å². The molecule has 0 spiro atoms. The summed E-state index contributed by atoms with van der Waals surface area (Å²) in [6.07, 6.45) is 5.29. The van der Waals surface area contributed by atoms with Crippen LogP contribution in [-0.2, 0) is 53.5 Å². The zero-order valence-electron chi connectivity index (χ0n) is 28.5. The van der Waals surface area contributed by atoms with Crippen molar-refractivity contribution in [1.29, 1.82) is 0 Å². The molecule has 2 heterocycles. The smallest absolute Gasteiger partial charge is 0.289 e. The lowest BCUT2D eigenvalue weighted by molar-refractivity contribution is -0.142. The molecule has 0 aliphatic carbocycles. The summed E-state index contributed by atoms with van der Waals surface area (Å²) >= 11 is 6.02. The first-order chi connectivity index (χ1) is 24.4. The third-order valence-electron chi connectivity index (χ3n) is 8.47. The lowest BCUT2D eigenvalue weighted by atomic mass is 10.0. The second-order valence-corrected chi connectivity index (χ2v) is 14.7. The molecule has 1 fully saturated rings. The molecule has 3 amide bonds. The van der Waals surface area contributed by atoms with Gasteiger partial charge in [0.2, 0.25) is 27.6 Å². The molecule has 5 N–H and O–H groups in total. The van der Waals surface area contributed by atoms with Gasteiger partial charge in [0.1, 0.15) is 12.1 Å². The highest BCUT2D eigenvalue weighted by atomic mass is 35.5. The molecule has 51 heavy (non-hydrogen) atoms. The number of pyridine rings is 1. The molecule has 274 valence electrons. The van der Waals surface area contributed by atoms with E-state index in [4.69, 9.17) is 22.1 Å². The Labute approximate surface area is 303 Å². The van der Waals surface area contributed by atoms with Gasteiger partial charge in [0.05, 0.1) is 25.0 Å². The number of nitrogens with two attached hydrogens (primary N) is 1. The van der Waals surface area contributed by atoms with Crippen LogP contribution in [0.2, 0.25) is 5.02 Å². The summed E-state index contributed by atoms with van der Waals surface area (Å²) in [5.74, 6) is -2.96. The summed E-state index contributed by atoms with van der Waals surface area (Å²) in [6, 6.07) is 16.3. The number of carbonyl (C=O) groups is 4. The lowest BCUT2D eigenvalue weighted by Crippen LogP contribution is -2.56. The van der Waals surface area contributed by atoms with Crippen LogP contribution in [0, 0.1) is 0 Å². The number of rotatable bonds is 19. The third-order valence-corrected chi connectivity index (χ3v) is 9.44. The van der Waals surface area contributed by atoms with Gasteiger partial charge in [0.25, 0.3) is 5.91 Å². The van der Waals surface area contributed by atoms with Crippen molar-refractivity contribution in [3.05, 3.63) is 101 Å². The standard InChI is InChI=1S/C36H45ClN6O7S/c1-51(48,49)42-31(15-12-25-7-3-2-4-8-25)36(47)43-23-29(50-24-27-10-13-28(37)14-11-27)21-32(43)34(45)41-30(9-5-6-18-38)33(44)35(46)40-22-26-16-19-39-20-17-26/h2-4,7-8,10-11,13-14,16-17,19-20,29-32,42H,5-6,9,12,15,18,21-24,38H2,1H3,(H,40,46)(H,41,45)/t29-,30+,31-,32+/m1/s1. The number of carbonyl (C=O) groups excluding carboxylic acids is 4. The molecule has 4 rings (SSSR count). The van der Waals surface area contributed by atoms with E-state index in [1.807, 2.05) is 30.3 Å². The average molecular weight is 741 g/mol. The molecule has 1 aliphatic rings. The van der Waals surface area contributed by atoms with Crippen molar-refractivity contribution in [2.24, 2.45) is 5.73 Å². The molecule has 4 atom stereocenters. The quantitative estimate of drug-likeness (QED) is 0.106. The minimum atomic E-state index is -3.82. The molecule has 2 aromatic carbocycles. The minimum absolute atomic E-state index is 0.00397. The number of hydrogen-bond acceptors (Lipinski definition) is 9. The van der Waals surface area contributed by atoms with Crippen molar-refractivity contribution in [2.45, 2.75) is 75.9 Å². The van der Waals surface area contributed by atoms with Gasteiger partial charge in [0, 0.05) is 36.9 Å². The zero-order valence-corrected chi connectivity index (χ0v) is 30.1. The number of likely N-dealkylation sites (tertiary alicyclic amines) is 1. The minimum Gasteiger partial charge on any atom is -0.372 e. The topological polar surface area (TPSA) is 190 Å². The van der Waals surface area contributed by atoms with E-state index < -0.39 is 57.8 Å². The number of Topliss-reactive ketones (excluding diaryl/α,β-unsaturated/α-hetero) is 1. The Balaban J connectivity index is 1.54. The highest BCUT2D eigenvalue weighted by molar-refractivity contribution is 7.88. The molecule has 0 radical (unpaired) electrons. The van der Waals surface area contributed by atoms with Gasteiger partial charge in [-0.1, -0.05) is 54.1 Å². The van der Waals surface area contributed by atoms with E-state index in [2.05, 4.69) is 20.3 Å². The normalized spacial score (nSPS) is 17.0. The molecule has 1 aliphatic heterocycles. The zero-order chi connectivity index (χ0) is 36.8. The number of nitrogens with zero attached hydrogens (tertiary/aromatic N) is 2. The number of ketones is 1. The van der Waals surface area contributed by atoms with Crippen LogP contribution in [0.1, 0.15) is 48.8 Å². The molecule has 0 saturated carbocycles. The van der Waals surface area contributed by atoms with E-state index in [0.717, 1.165) is 22.9 Å². The number of nitrogens with one attached hydrogen (secondary N) is 3. The van der Waals surface area contributed by atoms with Gasteiger partial charge < -0.3 is 26.0 Å². The highest BCUT2D eigenvalue weighted by Gasteiger charge is 2.43. The first kappa shape index (κ1) is 39.6. The Morgan fingerprint density at radius 1 is 0.941 bits per heavy atom. The highest BCUT2D eigenvalue weighted by Crippen LogP contribution is 2.25. The Hall–Kier alpha value is -4.21. The van der Waals surface area contributed by atoms with Crippen LogP contribution in [0.3, 0.4) is 0 Å². The van der Waals surface area contributed by atoms with Crippen LogP contribution in [0.25, 0.3) is 0 Å². The number of aromatic nitrogens is 1. The van der Waals surface area contributed by atoms with Crippen LogP contribution >= 0.6 is 11.6 Å². The molecule has 0 bridgehead atoms. The lowest BCUT2D eigenvalue weighted by Gasteiger charge is -2.29. The summed E-state index contributed by atoms with van der Waals surface area (Å²) in [5, 5.41) is 5.88. The number of sulfonamides is 1. The maximum absolute atomic E-state index is 14.2. The summed E-state index contributed by atoms with van der Waals surface area (Å²) in [4.78, 5) is 59.8. The number of unbranched alkanes of at least 4 members (excludes halogenated alkanes) is 1. The molecule has 1 saturated heterocycles. The number of hydrogen-bond donors (Lipinski definition) is 4. The number of ether oxygens (including phenoxy) is 1. The van der Waals surface area contributed by atoms with Crippen LogP contribution < -0.4 is 21.1 Å². The molecular formula is C36H45ClN6O7S. The Kier molecular flexibility index (Phi) is 15.1. The van der Waals surface area contributed by atoms with Crippen LogP contribution in [0.4, 0.5) is 0 Å². The first-order valence-electron chi connectivity index (χ1n) is 16.8. The van der Waals surface area contributed by atoms with Gasteiger partial charge in [-0.25, -0.2) is 13.1 Å². The van der Waals surface area contributed by atoms with Crippen LogP contribution in [0.15, 0.2) is 79.1 Å². The summed E-state index contributed by atoms with van der Waals surface area (Å²) < 4.78 is 33.4. The number of aryl methyl sites for hydroxylation is 1. The van der Waals surface area contributed by atoms with Crippen molar-refractivity contribution >= 4 is 45.1 Å². The predicted octanol–water partition coefficient (Wildman–Crippen LogP) is 2.27. The molecule has 15 heteroatoms.